The summed E-state index contributed by atoms with van der Waals surface area (Å²) >= 11 is 0. The van der Waals surface area contributed by atoms with Gasteiger partial charge in [-0.3, -0.25) is 0 Å². The third-order valence-electron chi connectivity index (χ3n) is 3.83. The Labute approximate surface area is 123 Å². The van der Waals surface area contributed by atoms with E-state index in [9.17, 15) is 13.2 Å². The molecule has 1 aromatic rings. The summed E-state index contributed by atoms with van der Waals surface area (Å²) in [6.07, 6.45) is 1.19. The fraction of sp³-hybridized carbons (Fsp3) is 0.500. The second kappa shape index (κ2) is 5.55. The van der Waals surface area contributed by atoms with Gasteiger partial charge in [0.2, 0.25) is 0 Å². The summed E-state index contributed by atoms with van der Waals surface area (Å²) in [7, 11) is -2.99. The van der Waals surface area contributed by atoms with Gasteiger partial charge in [0.15, 0.2) is 9.84 Å². The average Bonchev–Trinajstić information content (AvgIpc) is 2.78. The van der Waals surface area contributed by atoms with Crippen molar-refractivity contribution in [2.75, 3.05) is 18.1 Å². The number of urea groups is 1. The van der Waals surface area contributed by atoms with Gasteiger partial charge >= 0.3 is 6.03 Å². The Morgan fingerprint density at radius 3 is 2.76 bits per heavy atom. The van der Waals surface area contributed by atoms with Crippen LogP contribution in [0.15, 0.2) is 24.3 Å². The van der Waals surface area contributed by atoms with Crippen molar-refractivity contribution >= 4 is 15.9 Å². The van der Waals surface area contributed by atoms with Crippen LogP contribution in [-0.4, -0.2) is 38.6 Å². The molecule has 114 valence electrons. The maximum atomic E-state index is 12.0. The number of hydrogen-bond donors (Lipinski definition) is 2. The number of carbonyl (C=O) groups excluding carboxylic acids is 1. The Morgan fingerprint density at radius 2 is 2.00 bits per heavy atom. The normalized spacial score (nSPS) is 26.5. The van der Waals surface area contributed by atoms with E-state index < -0.39 is 9.84 Å². The first-order chi connectivity index (χ1) is 10.0. The van der Waals surface area contributed by atoms with E-state index in [0.29, 0.717) is 19.4 Å². The maximum Gasteiger partial charge on any atom is 0.315 e. The van der Waals surface area contributed by atoms with E-state index in [1.807, 2.05) is 24.3 Å². The molecule has 1 saturated heterocycles. The predicted octanol–water partition coefficient (Wildman–Crippen LogP) is 0.996. The summed E-state index contributed by atoms with van der Waals surface area (Å²) < 4.78 is 28.3. The highest BCUT2D eigenvalue weighted by Gasteiger charge is 2.30. The quantitative estimate of drug-likeness (QED) is 0.853. The molecule has 2 heterocycles. The third kappa shape index (κ3) is 3.29. The molecule has 2 aliphatic heterocycles. The summed E-state index contributed by atoms with van der Waals surface area (Å²) in [5, 5.41) is 5.65. The lowest BCUT2D eigenvalue weighted by Crippen LogP contribution is -2.44. The lowest BCUT2D eigenvalue weighted by molar-refractivity contribution is 0.221. The van der Waals surface area contributed by atoms with Gasteiger partial charge < -0.3 is 15.4 Å². The number of carbonyl (C=O) groups is 1. The van der Waals surface area contributed by atoms with Gasteiger partial charge in [-0.25, -0.2) is 13.2 Å². The highest BCUT2D eigenvalue weighted by Crippen LogP contribution is 2.31. The van der Waals surface area contributed by atoms with Crippen LogP contribution in [0.1, 0.15) is 24.4 Å². The molecule has 21 heavy (non-hydrogen) atoms. The zero-order chi connectivity index (χ0) is 14.9. The van der Waals surface area contributed by atoms with Crippen molar-refractivity contribution < 1.29 is 17.9 Å². The molecule has 0 aliphatic carbocycles. The Hall–Kier alpha value is -1.76. The number of benzene rings is 1. The molecule has 1 aromatic carbocycles. The van der Waals surface area contributed by atoms with Crippen LogP contribution in [0.4, 0.5) is 4.79 Å². The van der Waals surface area contributed by atoms with Crippen LogP contribution >= 0.6 is 0 Å². The van der Waals surface area contributed by atoms with Gasteiger partial charge in [0.05, 0.1) is 24.2 Å². The Bertz CT molecular complexity index is 644. The monoisotopic (exact) mass is 310 g/mol. The average molecular weight is 310 g/mol. The zero-order valence-corrected chi connectivity index (χ0v) is 12.4. The topological polar surface area (TPSA) is 84.5 Å². The third-order valence-corrected chi connectivity index (χ3v) is 5.60. The van der Waals surface area contributed by atoms with E-state index in [1.165, 1.54) is 0 Å². The van der Waals surface area contributed by atoms with Gasteiger partial charge in [-0.2, -0.15) is 0 Å². The summed E-state index contributed by atoms with van der Waals surface area (Å²) in [5.41, 5.74) is 0.956. The molecule has 2 amide bonds. The first-order valence-corrected chi connectivity index (χ1v) is 8.85. The van der Waals surface area contributed by atoms with E-state index in [4.69, 9.17) is 4.74 Å². The van der Waals surface area contributed by atoms with E-state index in [1.54, 1.807) is 0 Å². The Kier molecular flexibility index (Phi) is 3.75. The molecule has 0 saturated carbocycles. The summed E-state index contributed by atoms with van der Waals surface area (Å²) in [4.78, 5) is 12.0. The second-order valence-electron chi connectivity index (χ2n) is 5.45. The fourth-order valence-corrected chi connectivity index (χ4v) is 4.46. The fourth-order valence-electron chi connectivity index (χ4n) is 2.79. The van der Waals surface area contributed by atoms with Crippen molar-refractivity contribution in [2.24, 2.45) is 0 Å². The predicted molar refractivity (Wildman–Crippen MR) is 78.0 cm³/mol. The van der Waals surface area contributed by atoms with Gasteiger partial charge in [-0.1, -0.05) is 18.2 Å². The van der Waals surface area contributed by atoms with Crippen molar-refractivity contribution in [1.82, 2.24) is 10.6 Å². The Morgan fingerprint density at radius 1 is 1.19 bits per heavy atom. The van der Waals surface area contributed by atoms with E-state index in [0.717, 1.165) is 11.3 Å². The van der Waals surface area contributed by atoms with Crippen LogP contribution in [0.5, 0.6) is 5.75 Å². The number of sulfone groups is 1. The van der Waals surface area contributed by atoms with Crippen molar-refractivity contribution in [3.63, 3.8) is 0 Å². The van der Waals surface area contributed by atoms with Gasteiger partial charge in [0, 0.05) is 18.0 Å². The van der Waals surface area contributed by atoms with Crippen molar-refractivity contribution in [3.8, 4) is 5.75 Å². The molecule has 0 radical (unpaired) electrons. The molecule has 0 bridgehead atoms. The molecule has 0 spiro atoms. The van der Waals surface area contributed by atoms with Crippen molar-refractivity contribution in [1.29, 1.82) is 0 Å². The summed E-state index contributed by atoms with van der Waals surface area (Å²) in [6.45, 7) is 0.555. The molecule has 7 heteroatoms. The molecular formula is C14H18N2O4S. The molecule has 1 fully saturated rings. The maximum absolute atomic E-state index is 12.0. The van der Waals surface area contributed by atoms with Crippen molar-refractivity contribution in [2.45, 2.75) is 24.9 Å². The number of amides is 2. The van der Waals surface area contributed by atoms with Crippen LogP contribution in [-0.2, 0) is 9.84 Å². The summed E-state index contributed by atoms with van der Waals surface area (Å²) in [6, 6.07) is 6.90. The van der Waals surface area contributed by atoms with E-state index in [-0.39, 0.29) is 29.6 Å². The van der Waals surface area contributed by atoms with Gasteiger partial charge in [0.1, 0.15) is 5.75 Å². The highest BCUT2D eigenvalue weighted by molar-refractivity contribution is 7.91. The lowest BCUT2D eigenvalue weighted by Gasteiger charge is -2.27. The van der Waals surface area contributed by atoms with Crippen LogP contribution in [0.2, 0.25) is 0 Å². The molecule has 6 nitrogen and oxygen atoms in total. The van der Waals surface area contributed by atoms with Crippen LogP contribution in [0, 0.1) is 0 Å². The number of nitrogens with one attached hydrogen (secondary N) is 2. The number of hydrogen-bond acceptors (Lipinski definition) is 4. The molecule has 2 atom stereocenters. The van der Waals surface area contributed by atoms with Gasteiger partial charge in [0.25, 0.3) is 0 Å². The minimum atomic E-state index is -2.99. The second-order valence-corrected chi connectivity index (χ2v) is 7.67. The molecular weight excluding hydrogens is 292 g/mol. The molecule has 3 rings (SSSR count). The first-order valence-electron chi connectivity index (χ1n) is 7.03. The number of fused-ring (bicyclic) bond motifs is 1. The smallest absolute Gasteiger partial charge is 0.315 e. The standard InChI is InChI=1S/C14H18N2O4S/c17-14(15-10-6-8-21(18,19)9-10)16-12-5-7-20-13-4-2-1-3-11(12)13/h1-4,10,12H,5-9H2,(H2,15,16,17)/t10-,12+/m1/s1. The first kappa shape index (κ1) is 14.2. The highest BCUT2D eigenvalue weighted by atomic mass is 32.2. The molecule has 2 N–H and O–H groups in total. The molecule has 2 aliphatic rings. The van der Waals surface area contributed by atoms with Crippen LogP contribution in [0.25, 0.3) is 0 Å². The Balaban J connectivity index is 1.61. The SMILES string of the molecule is O=C(N[C@@H]1CCS(=O)(=O)C1)N[C@H]1CCOc2ccccc21. The minimum Gasteiger partial charge on any atom is -0.493 e. The number of ether oxygens (including phenoxy) is 1. The van der Waals surface area contributed by atoms with Crippen LogP contribution < -0.4 is 15.4 Å². The van der Waals surface area contributed by atoms with Gasteiger partial charge in [-0.05, 0) is 12.5 Å². The van der Waals surface area contributed by atoms with Crippen molar-refractivity contribution in [3.05, 3.63) is 29.8 Å². The number of rotatable bonds is 2. The van der Waals surface area contributed by atoms with E-state index in [2.05, 4.69) is 10.6 Å². The molecule has 0 aromatic heterocycles. The summed E-state index contributed by atoms with van der Waals surface area (Å²) in [5.74, 6) is 0.973. The zero-order valence-electron chi connectivity index (χ0n) is 11.5. The lowest BCUT2D eigenvalue weighted by atomic mass is 10.0. The van der Waals surface area contributed by atoms with E-state index >= 15 is 0 Å². The molecule has 0 unspecified atom stereocenters. The van der Waals surface area contributed by atoms with Gasteiger partial charge in [-0.15, -0.1) is 0 Å². The van der Waals surface area contributed by atoms with Crippen LogP contribution in [0.3, 0.4) is 0 Å². The number of para-hydroxylation sites is 1. The largest absolute Gasteiger partial charge is 0.493 e. The minimum absolute atomic E-state index is 0.0325.